The van der Waals surface area contributed by atoms with Gasteiger partial charge in [0, 0.05) is 31.9 Å². The monoisotopic (exact) mass is 331 g/mol. The number of carbonyl (C=O) groups is 1. The zero-order valence-electron chi connectivity index (χ0n) is 14.6. The van der Waals surface area contributed by atoms with Crippen molar-refractivity contribution >= 4 is 5.91 Å². The number of nitrogens with zero attached hydrogens (tertiary/aromatic N) is 5. The van der Waals surface area contributed by atoms with Crippen molar-refractivity contribution in [1.82, 2.24) is 24.6 Å². The van der Waals surface area contributed by atoms with E-state index in [-0.39, 0.29) is 11.9 Å². The van der Waals surface area contributed by atoms with Gasteiger partial charge in [-0.2, -0.15) is 4.98 Å². The van der Waals surface area contributed by atoms with Gasteiger partial charge in [0.1, 0.15) is 6.04 Å². The summed E-state index contributed by atoms with van der Waals surface area (Å²) >= 11 is 0. The highest BCUT2D eigenvalue weighted by Crippen LogP contribution is 2.30. The van der Waals surface area contributed by atoms with Crippen LogP contribution in [-0.2, 0) is 18.3 Å². The predicted molar refractivity (Wildman–Crippen MR) is 88.1 cm³/mol. The zero-order chi connectivity index (χ0) is 17.1. The van der Waals surface area contributed by atoms with Gasteiger partial charge in [0.15, 0.2) is 5.82 Å². The maximum Gasteiger partial charge on any atom is 0.249 e. The Bertz CT molecular complexity index is 691. The van der Waals surface area contributed by atoms with E-state index < -0.39 is 0 Å². The summed E-state index contributed by atoms with van der Waals surface area (Å²) in [7, 11) is 1.94. The lowest BCUT2D eigenvalue weighted by Gasteiger charge is -2.33. The Morgan fingerprint density at radius 2 is 2.17 bits per heavy atom. The zero-order valence-corrected chi connectivity index (χ0v) is 14.6. The first-order chi connectivity index (χ1) is 11.5. The molecule has 1 aliphatic rings. The van der Waals surface area contributed by atoms with Gasteiger partial charge in [0.25, 0.3) is 0 Å². The van der Waals surface area contributed by atoms with Crippen molar-refractivity contribution < 1.29 is 9.32 Å². The normalized spacial score (nSPS) is 16.8. The van der Waals surface area contributed by atoms with Crippen LogP contribution in [0.3, 0.4) is 0 Å². The SMILES string of the molecule is CC(C)CC(c1nc(Cc2cncn2C)no1)N1CCCCC1=O. The summed E-state index contributed by atoms with van der Waals surface area (Å²) in [5.41, 5.74) is 1.02. The van der Waals surface area contributed by atoms with Crippen LogP contribution in [0.2, 0.25) is 0 Å². The molecule has 0 bridgehead atoms. The molecule has 1 amide bonds. The van der Waals surface area contributed by atoms with Crippen LogP contribution < -0.4 is 0 Å². The average Bonchev–Trinajstić information content (AvgIpc) is 3.16. The quantitative estimate of drug-likeness (QED) is 0.813. The topological polar surface area (TPSA) is 77.1 Å². The van der Waals surface area contributed by atoms with Crippen molar-refractivity contribution in [2.45, 2.75) is 52.0 Å². The number of aryl methyl sites for hydroxylation is 1. The Balaban J connectivity index is 1.80. The van der Waals surface area contributed by atoms with E-state index in [1.54, 1.807) is 12.5 Å². The van der Waals surface area contributed by atoms with Gasteiger partial charge in [0.05, 0.1) is 12.7 Å². The molecule has 0 saturated carbocycles. The van der Waals surface area contributed by atoms with E-state index in [0.29, 0.717) is 30.5 Å². The predicted octanol–water partition coefficient (Wildman–Crippen LogP) is 2.49. The number of hydrogen-bond acceptors (Lipinski definition) is 5. The third kappa shape index (κ3) is 3.66. The highest BCUT2D eigenvalue weighted by Gasteiger charge is 2.31. The van der Waals surface area contributed by atoms with Crippen molar-refractivity contribution in [2.75, 3.05) is 6.54 Å². The Morgan fingerprint density at radius 1 is 1.33 bits per heavy atom. The maximum absolute atomic E-state index is 12.3. The van der Waals surface area contributed by atoms with Gasteiger partial charge in [-0.05, 0) is 25.2 Å². The van der Waals surface area contributed by atoms with E-state index in [2.05, 4.69) is 29.0 Å². The summed E-state index contributed by atoms with van der Waals surface area (Å²) in [5.74, 6) is 1.82. The molecule has 24 heavy (non-hydrogen) atoms. The first kappa shape index (κ1) is 16.7. The van der Waals surface area contributed by atoms with Crippen LogP contribution in [0.4, 0.5) is 0 Å². The van der Waals surface area contributed by atoms with Crippen molar-refractivity contribution in [1.29, 1.82) is 0 Å². The fourth-order valence-corrected chi connectivity index (χ4v) is 3.16. The van der Waals surface area contributed by atoms with E-state index in [1.165, 1.54) is 0 Å². The molecule has 0 N–H and O–H groups in total. The summed E-state index contributed by atoms with van der Waals surface area (Å²) < 4.78 is 7.47. The summed E-state index contributed by atoms with van der Waals surface area (Å²) in [6.07, 6.45) is 7.59. The molecule has 0 spiro atoms. The van der Waals surface area contributed by atoms with E-state index >= 15 is 0 Å². The first-order valence-electron chi connectivity index (χ1n) is 8.61. The third-order valence-electron chi connectivity index (χ3n) is 4.46. The van der Waals surface area contributed by atoms with Gasteiger partial charge in [-0.1, -0.05) is 19.0 Å². The Kier molecular flexibility index (Phi) is 4.97. The lowest BCUT2D eigenvalue weighted by Crippen LogP contribution is -2.39. The highest BCUT2D eigenvalue weighted by atomic mass is 16.5. The molecule has 0 radical (unpaired) electrons. The molecular formula is C17H25N5O2. The van der Waals surface area contributed by atoms with Gasteiger partial charge >= 0.3 is 0 Å². The minimum atomic E-state index is -0.120. The summed E-state index contributed by atoms with van der Waals surface area (Å²) in [6, 6.07) is -0.120. The molecule has 3 heterocycles. The molecule has 7 nitrogen and oxygen atoms in total. The van der Waals surface area contributed by atoms with E-state index in [4.69, 9.17) is 4.52 Å². The molecule has 1 aliphatic heterocycles. The Morgan fingerprint density at radius 3 is 2.83 bits per heavy atom. The van der Waals surface area contributed by atoms with Crippen molar-refractivity contribution in [2.24, 2.45) is 13.0 Å². The van der Waals surface area contributed by atoms with Gasteiger partial charge < -0.3 is 14.0 Å². The molecular weight excluding hydrogens is 306 g/mol. The first-order valence-corrected chi connectivity index (χ1v) is 8.61. The third-order valence-corrected chi connectivity index (χ3v) is 4.46. The smallest absolute Gasteiger partial charge is 0.249 e. The van der Waals surface area contributed by atoms with Crippen LogP contribution in [-0.4, -0.2) is 37.0 Å². The fraction of sp³-hybridized carbons (Fsp3) is 0.647. The number of likely N-dealkylation sites (tertiary alicyclic amines) is 1. The molecule has 2 aromatic rings. The summed E-state index contributed by atoms with van der Waals surface area (Å²) in [6.45, 7) is 5.07. The Hall–Kier alpha value is -2.18. The number of carbonyl (C=O) groups excluding carboxylic acids is 1. The standard InChI is InChI=1S/C17H25N5O2/c1-12(2)8-14(22-7-5-4-6-16(22)23)17-19-15(20-24-17)9-13-10-18-11-21(13)3/h10-12,14H,4-9H2,1-3H3. The van der Waals surface area contributed by atoms with Crippen LogP contribution in [0, 0.1) is 5.92 Å². The van der Waals surface area contributed by atoms with Crippen LogP contribution in [0.25, 0.3) is 0 Å². The van der Waals surface area contributed by atoms with Gasteiger partial charge in [-0.15, -0.1) is 0 Å². The van der Waals surface area contributed by atoms with Crippen molar-refractivity contribution in [3.8, 4) is 0 Å². The average molecular weight is 331 g/mol. The number of hydrogen-bond donors (Lipinski definition) is 0. The van der Waals surface area contributed by atoms with Gasteiger partial charge in [-0.25, -0.2) is 4.98 Å². The van der Waals surface area contributed by atoms with Gasteiger partial charge in [-0.3, -0.25) is 4.79 Å². The van der Waals surface area contributed by atoms with E-state index in [9.17, 15) is 4.79 Å². The second-order valence-corrected chi connectivity index (χ2v) is 6.91. The number of rotatable bonds is 6. The molecule has 1 unspecified atom stereocenters. The second kappa shape index (κ2) is 7.15. The minimum Gasteiger partial charge on any atom is -0.337 e. The summed E-state index contributed by atoms with van der Waals surface area (Å²) in [4.78, 5) is 22.9. The largest absolute Gasteiger partial charge is 0.337 e. The number of imidazole rings is 1. The molecule has 2 aromatic heterocycles. The van der Waals surface area contributed by atoms with E-state index in [1.807, 2.05) is 16.5 Å². The molecule has 7 heteroatoms. The summed E-state index contributed by atoms with van der Waals surface area (Å²) in [5, 5.41) is 4.12. The number of piperidine rings is 1. The lowest BCUT2D eigenvalue weighted by molar-refractivity contribution is -0.137. The van der Waals surface area contributed by atoms with Crippen molar-refractivity contribution in [3.05, 3.63) is 29.9 Å². The second-order valence-electron chi connectivity index (χ2n) is 6.91. The minimum absolute atomic E-state index is 0.120. The lowest BCUT2D eigenvalue weighted by atomic mass is 9.99. The Labute approximate surface area is 142 Å². The molecule has 1 fully saturated rings. The molecule has 130 valence electrons. The molecule has 0 aliphatic carbocycles. The molecule has 1 atom stereocenters. The fourth-order valence-electron chi connectivity index (χ4n) is 3.16. The number of aromatic nitrogens is 4. The van der Waals surface area contributed by atoms with Gasteiger partial charge in [0.2, 0.25) is 11.8 Å². The van der Waals surface area contributed by atoms with Crippen LogP contribution in [0.15, 0.2) is 17.0 Å². The van der Waals surface area contributed by atoms with E-state index in [0.717, 1.165) is 31.5 Å². The van der Waals surface area contributed by atoms with Crippen LogP contribution in [0.1, 0.15) is 63.0 Å². The molecule has 3 rings (SSSR count). The van der Waals surface area contributed by atoms with Crippen LogP contribution >= 0.6 is 0 Å². The molecule has 1 saturated heterocycles. The highest BCUT2D eigenvalue weighted by molar-refractivity contribution is 5.77. The maximum atomic E-state index is 12.3. The number of amides is 1. The van der Waals surface area contributed by atoms with Crippen molar-refractivity contribution in [3.63, 3.8) is 0 Å². The van der Waals surface area contributed by atoms with Crippen LogP contribution in [0.5, 0.6) is 0 Å². The molecule has 0 aromatic carbocycles.